The van der Waals surface area contributed by atoms with E-state index >= 15 is 4.39 Å². The highest BCUT2D eigenvalue weighted by Crippen LogP contribution is 2.49. The molecule has 2 fully saturated rings. The number of carbonyl (C=O) groups is 2. The number of H-pyrrole nitrogens is 1. The maximum Gasteiger partial charge on any atom is 0.501 e. The van der Waals surface area contributed by atoms with Crippen LogP contribution in [0.1, 0.15) is 29.6 Å². The molecule has 0 aliphatic heterocycles. The van der Waals surface area contributed by atoms with Gasteiger partial charge in [0.05, 0.1) is 23.5 Å². The Morgan fingerprint density at radius 2 is 1.72 bits per heavy atom. The van der Waals surface area contributed by atoms with Gasteiger partial charge in [-0.25, -0.2) is 12.8 Å². The first kappa shape index (κ1) is 31.1. The van der Waals surface area contributed by atoms with Crippen molar-refractivity contribution in [1.29, 1.82) is 0 Å². The zero-order chi connectivity index (χ0) is 32.8. The predicted molar refractivity (Wildman–Crippen MR) is 155 cm³/mol. The molecule has 16 heteroatoms. The Morgan fingerprint density at radius 1 is 1.00 bits per heavy atom. The lowest BCUT2D eigenvalue weighted by Gasteiger charge is -2.31. The Hall–Kier alpha value is -4.86. The number of anilines is 1. The molecule has 2 amide bonds. The molecule has 2 saturated carbocycles. The molecule has 240 valence electrons. The van der Waals surface area contributed by atoms with Crippen molar-refractivity contribution in [2.24, 2.45) is 17.8 Å². The molecule has 4 atom stereocenters. The van der Waals surface area contributed by atoms with Crippen molar-refractivity contribution < 1.29 is 40.3 Å². The molecule has 4 aromatic rings. The van der Waals surface area contributed by atoms with E-state index in [4.69, 9.17) is 4.74 Å². The summed E-state index contributed by atoms with van der Waals surface area (Å²) in [4.78, 5) is 26.2. The molecule has 4 unspecified atom stereocenters. The second kappa shape index (κ2) is 11.8. The molecule has 46 heavy (non-hydrogen) atoms. The number of hydrogen-bond donors (Lipinski definition) is 3. The quantitative estimate of drug-likeness (QED) is 0.229. The number of ether oxygens (including phenoxy) is 1. The minimum atomic E-state index is -5.62. The Bertz CT molecular complexity index is 1900. The van der Waals surface area contributed by atoms with Crippen LogP contribution in [0.25, 0.3) is 22.5 Å². The molecular formula is C30H26F4N6O5S. The number of sulfone groups is 1. The van der Waals surface area contributed by atoms with Gasteiger partial charge in [-0.15, -0.1) is 10.2 Å². The number of fused-ring (bicyclic) bond motifs is 2. The van der Waals surface area contributed by atoms with Crippen molar-refractivity contribution in [1.82, 2.24) is 25.9 Å². The lowest BCUT2D eigenvalue weighted by atomic mass is 9.83. The number of methoxy groups -OCH3 is 1. The number of alkyl halides is 3. The number of nitrogens with zero attached hydrogens (tertiary/aromatic N) is 3. The topological polar surface area (TPSA) is 156 Å². The fourth-order valence-corrected chi connectivity index (χ4v) is 7.22. The van der Waals surface area contributed by atoms with Crippen LogP contribution < -0.4 is 15.4 Å². The minimum Gasteiger partial charge on any atom is -0.496 e. The number of amides is 2. The molecule has 0 saturated heterocycles. The van der Waals surface area contributed by atoms with E-state index in [1.807, 2.05) is 0 Å². The van der Waals surface area contributed by atoms with Crippen molar-refractivity contribution >= 4 is 27.3 Å². The monoisotopic (exact) mass is 658 g/mol. The van der Waals surface area contributed by atoms with Crippen LogP contribution >= 0.6 is 0 Å². The molecule has 1 heterocycles. The molecule has 0 spiro atoms. The van der Waals surface area contributed by atoms with Gasteiger partial charge in [0.2, 0.25) is 11.7 Å². The van der Waals surface area contributed by atoms with Gasteiger partial charge in [-0.3, -0.25) is 9.59 Å². The van der Waals surface area contributed by atoms with E-state index in [1.165, 1.54) is 19.2 Å². The van der Waals surface area contributed by atoms with Gasteiger partial charge in [-0.1, -0.05) is 30.3 Å². The van der Waals surface area contributed by atoms with Crippen LogP contribution in [0, 0.1) is 23.6 Å². The van der Waals surface area contributed by atoms with E-state index in [0.717, 1.165) is 30.7 Å². The number of rotatable bonds is 8. The third-order valence-corrected chi connectivity index (χ3v) is 10.1. The van der Waals surface area contributed by atoms with Crippen molar-refractivity contribution in [3.8, 4) is 28.3 Å². The zero-order valence-corrected chi connectivity index (χ0v) is 24.8. The van der Waals surface area contributed by atoms with Crippen molar-refractivity contribution in [2.75, 3.05) is 12.4 Å². The highest BCUT2D eigenvalue weighted by molar-refractivity contribution is 7.92. The van der Waals surface area contributed by atoms with Gasteiger partial charge in [-0.2, -0.15) is 18.4 Å². The van der Waals surface area contributed by atoms with E-state index in [9.17, 15) is 31.2 Å². The summed E-state index contributed by atoms with van der Waals surface area (Å²) in [5.74, 6) is -2.37. The van der Waals surface area contributed by atoms with Crippen LogP contribution in [-0.2, 0) is 14.6 Å². The maximum atomic E-state index is 15.2. The second-order valence-electron chi connectivity index (χ2n) is 11.2. The lowest BCUT2D eigenvalue weighted by Crippen LogP contribution is -2.48. The van der Waals surface area contributed by atoms with Gasteiger partial charge >= 0.3 is 5.51 Å². The van der Waals surface area contributed by atoms with Gasteiger partial charge in [0.25, 0.3) is 15.7 Å². The first-order valence-electron chi connectivity index (χ1n) is 14.1. The van der Waals surface area contributed by atoms with E-state index in [2.05, 4.69) is 31.3 Å². The van der Waals surface area contributed by atoms with Crippen molar-refractivity contribution in [3.05, 3.63) is 72.0 Å². The molecule has 2 aliphatic rings. The number of halogens is 4. The van der Waals surface area contributed by atoms with Crippen LogP contribution in [0.2, 0.25) is 0 Å². The average Bonchev–Trinajstić information content (AvgIpc) is 3.80. The smallest absolute Gasteiger partial charge is 0.496 e. The van der Waals surface area contributed by atoms with E-state index < -0.39 is 49.8 Å². The largest absolute Gasteiger partial charge is 0.501 e. The first-order valence-corrected chi connectivity index (χ1v) is 15.6. The van der Waals surface area contributed by atoms with Crippen LogP contribution in [0.3, 0.4) is 0 Å². The Balaban J connectivity index is 1.24. The van der Waals surface area contributed by atoms with E-state index in [-0.39, 0.29) is 34.4 Å². The highest BCUT2D eigenvalue weighted by atomic mass is 32.2. The van der Waals surface area contributed by atoms with Crippen LogP contribution in [0.5, 0.6) is 5.75 Å². The molecule has 3 N–H and O–H groups in total. The molecule has 6 rings (SSSR count). The molecule has 11 nitrogen and oxygen atoms in total. The molecule has 2 bridgehead atoms. The Kier molecular flexibility index (Phi) is 8.00. The molecule has 0 radical (unpaired) electrons. The third kappa shape index (κ3) is 5.68. The fourth-order valence-electron chi connectivity index (χ4n) is 6.41. The zero-order valence-electron chi connectivity index (χ0n) is 24.0. The number of nitrogens with one attached hydrogen (secondary N) is 3. The number of carbonyl (C=O) groups excluding carboxylic acids is 2. The number of aromatic nitrogens is 4. The summed E-state index contributed by atoms with van der Waals surface area (Å²) in [6.45, 7) is 0. The summed E-state index contributed by atoms with van der Waals surface area (Å²) in [6, 6.07) is 12.4. The minimum absolute atomic E-state index is 0.0194. The van der Waals surface area contributed by atoms with Gasteiger partial charge in [0.1, 0.15) is 11.6 Å². The average molecular weight is 659 g/mol. The van der Waals surface area contributed by atoms with Crippen LogP contribution in [-0.4, -0.2) is 59.5 Å². The van der Waals surface area contributed by atoms with E-state index in [0.29, 0.717) is 29.8 Å². The third-order valence-electron chi connectivity index (χ3n) is 8.57. The van der Waals surface area contributed by atoms with Gasteiger partial charge in [0, 0.05) is 28.9 Å². The van der Waals surface area contributed by atoms with Gasteiger partial charge in [-0.05, 0) is 66.1 Å². The molecule has 1 aromatic heterocycles. The maximum absolute atomic E-state index is 15.2. The predicted octanol–water partition coefficient (Wildman–Crippen LogP) is 4.76. The number of benzene rings is 3. The SMILES string of the molecule is COc1cc(F)c(-c2ccc(-c3nn[nH]n3)cc2)cc1C(=O)NC1C2CCC(C2)C1C(=O)Nc1cccc(S(=O)(=O)C(F)(F)F)c1. The Labute approximate surface area is 259 Å². The normalized spacial score (nSPS) is 20.8. The summed E-state index contributed by atoms with van der Waals surface area (Å²) in [5.41, 5.74) is -4.37. The summed E-state index contributed by atoms with van der Waals surface area (Å²) >= 11 is 0. The fraction of sp³-hybridized carbons (Fsp3) is 0.300. The highest BCUT2D eigenvalue weighted by Gasteiger charge is 2.52. The second-order valence-corrected chi connectivity index (χ2v) is 13.1. The number of hydrogen-bond acceptors (Lipinski definition) is 8. The number of tetrazole rings is 1. The summed E-state index contributed by atoms with van der Waals surface area (Å²) in [6.07, 6.45) is 2.10. The van der Waals surface area contributed by atoms with Gasteiger partial charge in [0.15, 0.2) is 0 Å². The van der Waals surface area contributed by atoms with Crippen LogP contribution in [0.15, 0.2) is 65.6 Å². The standard InChI is InChI=1S/C30H26F4N6O5S/c1-45-24-14-23(31)21(15-5-7-16(8-6-15)27-37-39-40-38-27)13-22(24)28(41)36-26-18-10-9-17(11-18)25(26)29(42)35-19-3-2-4-20(12-19)46(43,44)30(32,33)34/h2-8,12-14,17-18,25-26H,9-11H2,1H3,(H,35,42)(H,36,41)(H,37,38,39,40). The summed E-state index contributed by atoms with van der Waals surface area (Å²) in [5, 5.41) is 19.2. The summed E-state index contributed by atoms with van der Waals surface area (Å²) < 4.78 is 83.5. The number of aromatic amines is 1. The van der Waals surface area contributed by atoms with Crippen molar-refractivity contribution in [2.45, 2.75) is 35.7 Å². The van der Waals surface area contributed by atoms with Gasteiger partial charge < -0.3 is 15.4 Å². The van der Waals surface area contributed by atoms with E-state index in [1.54, 1.807) is 24.3 Å². The molecule has 3 aromatic carbocycles. The molecule has 2 aliphatic carbocycles. The Morgan fingerprint density at radius 3 is 2.39 bits per heavy atom. The lowest BCUT2D eigenvalue weighted by molar-refractivity contribution is -0.122. The molecular weight excluding hydrogens is 632 g/mol. The van der Waals surface area contributed by atoms with Crippen molar-refractivity contribution in [3.63, 3.8) is 0 Å². The first-order chi connectivity index (χ1) is 21.9. The summed E-state index contributed by atoms with van der Waals surface area (Å²) in [7, 11) is -4.32. The van der Waals surface area contributed by atoms with Crippen LogP contribution in [0.4, 0.5) is 23.2 Å².